The van der Waals surface area contributed by atoms with Crippen molar-refractivity contribution in [2.45, 2.75) is 19.9 Å². The molecule has 114 valence electrons. The number of esters is 1. The molecule has 3 heteroatoms. The second-order valence-corrected chi connectivity index (χ2v) is 5.10. The Morgan fingerprint density at radius 2 is 1.91 bits per heavy atom. The van der Waals surface area contributed by atoms with E-state index in [1.54, 1.807) is 6.92 Å². The van der Waals surface area contributed by atoms with Gasteiger partial charge in [-0.05, 0) is 31.5 Å². The van der Waals surface area contributed by atoms with Crippen molar-refractivity contribution in [3.63, 3.8) is 0 Å². The normalized spacial score (nSPS) is 11.5. The van der Waals surface area contributed by atoms with Crippen molar-refractivity contribution in [1.29, 1.82) is 0 Å². The topological polar surface area (TPSA) is 38.3 Å². The molecule has 0 fully saturated rings. The molecule has 0 saturated heterocycles. The first-order valence-corrected chi connectivity index (χ1v) is 7.36. The molecule has 2 aromatic carbocycles. The van der Waals surface area contributed by atoms with E-state index in [1.165, 1.54) is 0 Å². The number of rotatable bonds is 6. The second-order valence-electron chi connectivity index (χ2n) is 5.10. The molecule has 0 amide bonds. The minimum absolute atomic E-state index is 0.318. The molecular weight excluding hydrogens is 274 g/mol. The summed E-state index contributed by atoms with van der Waals surface area (Å²) >= 11 is 0. The Labute approximate surface area is 131 Å². The first-order chi connectivity index (χ1) is 10.6. The summed E-state index contributed by atoms with van der Waals surface area (Å²) in [5.41, 5.74) is 3.45. The second kappa shape index (κ2) is 7.46. The molecule has 2 rings (SSSR count). The summed E-state index contributed by atoms with van der Waals surface area (Å²) < 4.78 is 5.10. The standard InChI is InChI=1S/C19H21NO2/c1-4-22-19(21)15(3)18(16-10-8-9-14(2)13-16)20-17-11-6-5-7-12-17/h5-13,18,20H,3-4H2,1-2H3/t18-/m1/s1. The number of nitrogens with one attached hydrogen (secondary N) is 1. The fourth-order valence-corrected chi connectivity index (χ4v) is 2.26. The third kappa shape index (κ3) is 3.98. The predicted molar refractivity (Wildman–Crippen MR) is 89.8 cm³/mol. The van der Waals surface area contributed by atoms with Gasteiger partial charge in [-0.25, -0.2) is 4.79 Å². The first-order valence-electron chi connectivity index (χ1n) is 7.36. The van der Waals surface area contributed by atoms with E-state index in [-0.39, 0.29) is 12.0 Å². The molecule has 0 heterocycles. The molecule has 0 aliphatic carbocycles. The number of carbonyl (C=O) groups is 1. The van der Waals surface area contributed by atoms with Crippen LogP contribution in [0, 0.1) is 6.92 Å². The van der Waals surface area contributed by atoms with Crippen LogP contribution in [0.1, 0.15) is 24.1 Å². The highest BCUT2D eigenvalue weighted by Crippen LogP contribution is 2.27. The zero-order valence-electron chi connectivity index (χ0n) is 13.0. The van der Waals surface area contributed by atoms with Gasteiger partial charge in [0, 0.05) is 5.69 Å². The highest BCUT2D eigenvalue weighted by Gasteiger charge is 2.22. The van der Waals surface area contributed by atoms with Crippen molar-refractivity contribution in [3.8, 4) is 0 Å². The van der Waals surface area contributed by atoms with Gasteiger partial charge in [0.05, 0.1) is 18.2 Å². The van der Waals surface area contributed by atoms with E-state index in [4.69, 9.17) is 4.74 Å². The van der Waals surface area contributed by atoms with Crippen LogP contribution < -0.4 is 5.32 Å². The maximum atomic E-state index is 12.1. The molecule has 3 nitrogen and oxygen atoms in total. The van der Waals surface area contributed by atoms with Crippen LogP contribution >= 0.6 is 0 Å². The van der Waals surface area contributed by atoms with E-state index in [1.807, 2.05) is 61.5 Å². The third-order valence-corrected chi connectivity index (χ3v) is 3.35. The molecule has 1 atom stereocenters. The van der Waals surface area contributed by atoms with E-state index in [2.05, 4.69) is 11.9 Å². The number of aryl methyl sites for hydroxylation is 1. The van der Waals surface area contributed by atoms with Crippen LogP contribution in [-0.2, 0) is 9.53 Å². The number of carbonyl (C=O) groups excluding carboxylic acids is 1. The van der Waals surface area contributed by atoms with Gasteiger partial charge in [0.1, 0.15) is 0 Å². The van der Waals surface area contributed by atoms with Crippen LogP contribution in [0.15, 0.2) is 66.7 Å². The SMILES string of the molecule is C=C(C(=O)OCC)[C@@H](Nc1ccccc1)c1cccc(C)c1. The average Bonchev–Trinajstić information content (AvgIpc) is 2.53. The highest BCUT2D eigenvalue weighted by molar-refractivity contribution is 5.90. The Balaban J connectivity index is 2.32. The molecule has 0 bridgehead atoms. The lowest BCUT2D eigenvalue weighted by molar-refractivity contribution is -0.138. The summed E-state index contributed by atoms with van der Waals surface area (Å²) in [4.78, 5) is 12.1. The number of anilines is 1. The Bertz CT molecular complexity index is 649. The molecule has 22 heavy (non-hydrogen) atoms. The van der Waals surface area contributed by atoms with Gasteiger partial charge in [-0.3, -0.25) is 0 Å². The average molecular weight is 295 g/mol. The molecule has 0 saturated carbocycles. The summed E-state index contributed by atoms with van der Waals surface area (Å²) in [5, 5.41) is 3.36. The predicted octanol–water partition coefficient (Wildman–Crippen LogP) is 4.27. The van der Waals surface area contributed by atoms with E-state index in [0.29, 0.717) is 12.2 Å². The maximum Gasteiger partial charge on any atom is 0.335 e. The van der Waals surface area contributed by atoms with Gasteiger partial charge in [0.15, 0.2) is 0 Å². The lowest BCUT2D eigenvalue weighted by atomic mass is 9.98. The minimum atomic E-state index is -0.377. The molecule has 0 aromatic heterocycles. The van der Waals surface area contributed by atoms with Gasteiger partial charge in [-0.1, -0.05) is 54.6 Å². The maximum absolute atomic E-state index is 12.1. The van der Waals surface area contributed by atoms with E-state index in [0.717, 1.165) is 16.8 Å². The lowest BCUT2D eigenvalue weighted by Crippen LogP contribution is -2.20. The quantitative estimate of drug-likeness (QED) is 0.639. The molecule has 0 radical (unpaired) electrons. The number of para-hydroxylation sites is 1. The van der Waals surface area contributed by atoms with E-state index >= 15 is 0 Å². The summed E-state index contributed by atoms with van der Waals surface area (Å²) in [5.74, 6) is -0.377. The van der Waals surface area contributed by atoms with Crippen LogP contribution in [-0.4, -0.2) is 12.6 Å². The monoisotopic (exact) mass is 295 g/mol. The number of benzene rings is 2. The van der Waals surface area contributed by atoms with Crippen molar-refractivity contribution in [2.24, 2.45) is 0 Å². The molecule has 2 aromatic rings. The lowest BCUT2D eigenvalue weighted by Gasteiger charge is -2.22. The fourth-order valence-electron chi connectivity index (χ4n) is 2.26. The molecule has 1 N–H and O–H groups in total. The molecule has 0 spiro atoms. The Hall–Kier alpha value is -2.55. The number of hydrogen-bond donors (Lipinski definition) is 1. The molecule has 0 aliphatic heterocycles. The molecule has 0 aliphatic rings. The summed E-state index contributed by atoms with van der Waals surface area (Å²) in [6.45, 7) is 8.09. The van der Waals surface area contributed by atoms with Crippen molar-refractivity contribution in [2.75, 3.05) is 11.9 Å². The summed E-state index contributed by atoms with van der Waals surface area (Å²) in [6, 6.07) is 17.5. The third-order valence-electron chi connectivity index (χ3n) is 3.35. The highest BCUT2D eigenvalue weighted by atomic mass is 16.5. The smallest absolute Gasteiger partial charge is 0.335 e. The summed E-state index contributed by atoms with van der Waals surface area (Å²) in [7, 11) is 0. The number of ether oxygens (including phenoxy) is 1. The van der Waals surface area contributed by atoms with Crippen LogP contribution in [0.2, 0.25) is 0 Å². The van der Waals surface area contributed by atoms with Gasteiger partial charge in [0.2, 0.25) is 0 Å². The van der Waals surface area contributed by atoms with Gasteiger partial charge >= 0.3 is 5.97 Å². The van der Waals surface area contributed by atoms with Crippen molar-refractivity contribution in [1.82, 2.24) is 0 Å². The fraction of sp³-hybridized carbons (Fsp3) is 0.211. The Morgan fingerprint density at radius 3 is 2.55 bits per heavy atom. The van der Waals surface area contributed by atoms with Crippen molar-refractivity contribution < 1.29 is 9.53 Å². The van der Waals surface area contributed by atoms with Crippen LogP contribution in [0.4, 0.5) is 5.69 Å². The van der Waals surface area contributed by atoms with Gasteiger partial charge < -0.3 is 10.1 Å². The Kier molecular flexibility index (Phi) is 5.37. The van der Waals surface area contributed by atoms with Crippen molar-refractivity contribution in [3.05, 3.63) is 77.9 Å². The first kappa shape index (κ1) is 15.8. The summed E-state index contributed by atoms with van der Waals surface area (Å²) in [6.07, 6.45) is 0. The number of hydrogen-bond acceptors (Lipinski definition) is 3. The zero-order chi connectivity index (χ0) is 15.9. The van der Waals surface area contributed by atoms with Crippen molar-refractivity contribution >= 4 is 11.7 Å². The van der Waals surface area contributed by atoms with Gasteiger partial charge in [-0.15, -0.1) is 0 Å². The molecule has 0 unspecified atom stereocenters. The van der Waals surface area contributed by atoms with Crippen LogP contribution in [0.25, 0.3) is 0 Å². The van der Waals surface area contributed by atoms with E-state index < -0.39 is 0 Å². The largest absolute Gasteiger partial charge is 0.463 e. The van der Waals surface area contributed by atoms with Gasteiger partial charge in [0.25, 0.3) is 0 Å². The van der Waals surface area contributed by atoms with E-state index in [9.17, 15) is 4.79 Å². The molecular formula is C19H21NO2. The zero-order valence-corrected chi connectivity index (χ0v) is 13.0. The van der Waals surface area contributed by atoms with Crippen LogP contribution in [0.3, 0.4) is 0 Å². The van der Waals surface area contributed by atoms with Crippen LogP contribution in [0.5, 0.6) is 0 Å². The Morgan fingerprint density at radius 1 is 1.18 bits per heavy atom. The van der Waals surface area contributed by atoms with Gasteiger partial charge in [-0.2, -0.15) is 0 Å². The minimum Gasteiger partial charge on any atom is -0.463 e.